The maximum Gasteiger partial charge on any atom is 0.345 e. The molecule has 188 valence electrons. The van der Waals surface area contributed by atoms with Crippen molar-refractivity contribution in [3.63, 3.8) is 0 Å². The molecule has 0 spiro atoms. The molecule has 8 nitrogen and oxygen atoms in total. The summed E-state index contributed by atoms with van der Waals surface area (Å²) in [5, 5.41) is 0.523. The van der Waals surface area contributed by atoms with Gasteiger partial charge in [0.1, 0.15) is 28.4 Å². The monoisotopic (exact) mass is 503 g/mol. The number of nitrogens with zero attached hydrogens (tertiary/aromatic N) is 1. The van der Waals surface area contributed by atoms with Gasteiger partial charge in [-0.15, -0.1) is 0 Å². The second kappa shape index (κ2) is 10.3. The lowest BCUT2D eigenvalue weighted by atomic mass is 9.81. The number of carbonyl (C=O) groups is 2. The van der Waals surface area contributed by atoms with Gasteiger partial charge in [-0.3, -0.25) is 4.90 Å². The molecule has 0 saturated heterocycles. The highest BCUT2D eigenvalue weighted by Gasteiger charge is 2.40. The van der Waals surface area contributed by atoms with Gasteiger partial charge in [0.25, 0.3) is 0 Å². The summed E-state index contributed by atoms with van der Waals surface area (Å²) in [5.41, 5.74) is 4.32. The minimum Gasteiger partial charge on any atom is -0.496 e. The van der Waals surface area contributed by atoms with E-state index in [0.29, 0.717) is 40.8 Å². The molecule has 1 unspecified atom stereocenters. The summed E-state index contributed by atoms with van der Waals surface area (Å²) in [6.07, 6.45) is 1.26. The van der Waals surface area contributed by atoms with Crippen molar-refractivity contribution in [2.75, 3.05) is 41.1 Å². The highest BCUT2D eigenvalue weighted by Crippen LogP contribution is 2.49. The summed E-state index contributed by atoms with van der Waals surface area (Å²) >= 11 is 6.71. The SMILES string of the molecule is CCOC(=O)c1c(OC)cc(Cl)c2c1CN1CCc3cc(OC)c(C(=O)OCC)c(OC)c3C1C2. The Balaban J connectivity index is 1.88. The van der Waals surface area contributed by atoms with Crippen molar-refractivity contribution in [2.45, 2.75) is 39.3 Å². The van der Waals surface area contributed by atoms with Crippen LogP contribution in [0, 0.1) is 0 Å². The third-order valence-electron chi connectivity index (χ3n) is 6.63. The van der Waals surface area contributed by atoms with E-state index >= 15 is 0 Å². The van der Waals surface area contributed by atoms with Crippen LogP contribution in [0.1, 0.15) is 62.9 Å². The number of carbonyl (C=O) groups excluding carboxylic acids is 2. The largest absolute Gasteiger partial charge is 0.496 e. The van der Waals surface area contributed by atoms with Crippen molar-refractivity contribution in [1.82, 2.24) is 4.90 Å². The number of methoxy groups -OCH3 is 3. The Kier molecular flexibility index (Phi) is 7.42. The van der Waals surface area contributed by atoms with Gasteiger partial charge in [0.2, 0.25) is 0 Å². The third kappa shape index (κ3) is 4.29. The van der Waals surface area contributed by atoms with Crippen molar-refractivity contribution in [3.8, 4) is 17.2 Å². The molecule has 35 heavy (non-hydrogen) atoms. The van der Waals surface area contributed by atoms with Crippen LogP contribution in [0.2, 0.25) is 5.02 Å². The zero-order valence-electron chi connectivity index (χ0n) is 20.7. The van der Waals surface area contributed by atoms with Crippen LogP contribution in [-0.2, 0) is 28.9 Å². The molecular weight excluding hydrogens is 474 g/mol. The average Bonchev–Trinajstić information content (AvgIpc) is 2.86. The molecular formula is C26H30ClNO7. The first-order valence-electron chi connectivity index (χ1n) is 11.6. The van der Waals surface area contributed by atoms with Gasteiger partial charge in [-0.1, -0.05) is 11.6 Å². The quantitative estimate of drug-likeness (QED) is 0.515. The van der Waals surface area contributed by atoms with Crippen LogP contribution in [0.4, 0.5) is 0 Å². The van der Waals surface area contributed by atoms with Gasteiger partial charge >= 0.3 is 11.9 Å². The van der Waals surface area contributed by atoms with E-state index < -0.39 is 11.9 Å². The van der Waals surface area contributed by atoms with Crippen molar-refractivity contribution < 1.29 is 33.3 Å². The van der Waals surface area contributed by atoms with Crippen molar-refractivity contribution in [3.05, 3.63) is 50.5 Å². The van der Waals surface area contributed by atoms with Gasteiger partial charge in [-0.25, -0.2) is 9.59 Å². The van der Waals surface area contributed by atoms with Crippen LogP contribution in [0.25, 0.3) is 0 Å². The van der Waals surface area contributed by atoms with E-state index in [1.165, 1.54) is 14.2 Å². The predicted molar refractivity (Wildman–Crippen MR) is 130 cm³/mol. The molecule has 0 aromatic heterocycles. The second-order valence-electron chi connectivity index (χ2n) is 8.33. The zero-order chi connectivity index (χ0) is 25.3. The minimum atomic E-state index is -0.496. The Bertz CT molecular complexity index is 1160. The number of hydrogen-bond donors (Lipinski definition) is 0. The molecule has 0 N–H and O–H groups in total. The van der Waals surface area contributed by atoms with Crippen LogP contribution in [0.5, 0.6) is 17.2 Å². The Morgan fingerprint density at radius 2 is 1.57 bits per heavy atom. The summed E-state index contributed by atoms with van der Waals surface area (Å²) in [7, 11) is 4.59. The molecule has 0 aliphatic carbocycles. The maximum absolute atomic E-state index is 12.9. The standard InChI is InChI=1S/C26H30ClNO7/c1-6-34-25(29)22-16-13-28-9-8-14-10-19(31-3)23(26(30)35-7-2)24(33-5)21(14)18(28)11-15(16)17(27)12-20(22)32-4/h10,12,18H,6-9,11,13H2,1-5H3. The van der Waals surface area contributed by atoms with E-state index in [-0.39, 0.29) is 24.8 Å². The molecule has 2 aliphatic heterocycles. The van der Waals surface area contributed by atoms with Gasteiger partial charge in [0, 0.05) is 29.7 Å². The number of halogens is 1. The average molecular weight is 504 g/mol. The lowest BCUT2D eigenvalue weighted by Crippen LogP contribution is -2.40. The van der Waals surface area contributed by atoms with E-state index in [9.17, 15) is 9.59 Å². The fourth-order valence-corrected chi connectivity index (χ4v) is 5.45. The summed E-state index contributed by atoms with van der Waals surface area (Å²) in [6.45, 7) is 5.25. The Labute approximate surface area is 210 Å². The Hall–Kier alpha value is -2.97. The first-order chi connectivity index (χ1) is 16.9. The van der Waals surface area contributed by atoms with Crippen LogP contribution in [0.3, 0.4) is 0 Å². The van der Waals surface area contributed by atoms with Gasteiger partial charge in [0.05, 0.1) is 34.5 Å². The number of ether oxygens (including phenoxy) is 5. The summed E-state index contributed by atoms with van der Waals surface area (Å²) in [5.74, 6) is 0.349. The van der Waals surface area contributed by atoms with Crippen molar-refractivity contribution >= 4 is 23.5 Å². The summed E-state index contributed by atoms with van der Waals surface area (Å²) in [4.78, 5) is 28.0. The lowest BCUT2D eigenvalue weighted by molar-refractivity contribution is 0.0505. The van der Waals surface area contributed by atoms with Crippen LogP contribution < -0.4 is 14.2 Å². The molecule has 0 fully saturated rings. The molecule has 1 atom stereocenters. The molecule has 2 aliphatic rings. The molecule has 0 amide bonds. The second-order valence-corrected chi connectivity index (χ2v) is 8.74. The van der Waals surface area contributed by atoms with E-state index in [0.717, 1.165) is 35.2 Å². The van der Waals surface area contributed by atoms with E-state index in [1.807, 2.05) is 6.07 Å². The third-order valence-corrected chi connectivity index (χ3v) is 6.97. The number of fused-ring (bicyclic) bond motifs is 4. The smallest absolute Gasteiger partial charge is 0.345 e. The van der Waals surface area contributed by atoms with E-state index in [2.05, 4.69) is 4.90 Å². The topological polar surface area (TPSA) is 83.5 Å². The first-order valence-corrected chi connectivity index (χ1v) is 12.0. The highest BCUT2D eigenvalue weighted by atomic mass is 35.5. The molecule has 4 rings (SSSR count). The van der Waals surface area contributed by atoms with Gasteiger partial charge in [-0.05, 0) is 55.5 Å². The number of benzene rings is 2. The Morgan fingerprint density at radius 3 is 2.17 bits per heavy atom. The fraction of sp³-hybridized carbons (Fsp3) is 0.462. The zero-order valence-corrected chi connectivity index (χ0v) is 21.4. The summed E-state index contributed by atoms with van der Waals surface area (Å²) < 4.78 is 27.5. The first kappa shape index (κ1) is 25.1. The molecule has 9 heteroatoms. The Morgan fingerprint density at radius 1 is 0.943 bits per heavy atom. The van der Waals surface area contributed by atoms with Crippen molar-refractivity contribution in [2.24, 2.45) is 0 Å². The molecule has 0 radical (unpaired) electrons. The van der Waals surface area contributed by atoms with Crippen LogP contribution in [0.15, 0.2) is 12.1 Å². The number of hydrogen-bond acceptors (Lipinski definition) is 8. The lowest BCUT2D eigenvalue weighted by Gasteiger charge is -2.43. The highest BCUT2D eigenvalue weighted by molar-refractivity contribution is 6.32. The summed E-state index contributed by atoms with van der Waals surface area (Å²) in [6, 6.07) is 3.46. The van der Waals surface area contributed by atoms with Crippen molar-refractivity contribution in [1.29, 1.82) is 0 Å². The molecule has 2 aromatic rings. The fourth-order valence-electron chi connectivity index (χ4n) is 5.16. The predicted octanol–water partition coefficient (Wildman–Crippen LogP) is 4.37. The molecule has 0 bridgehead atoms. The molecule has 2 heterocycles. The molecule has 2 aromatic carbocycles. The maximum atomic E-state index is 12.9. The van der Waals surface area contributed by atoms with E-state index in [4.69, 9.17) is 35.3 Å². The van der Waals surface area contributed by atoms with Crippen LogP contribution >= 0.6 is 11.6 Å². The van der Waals surface area contributed by atoms with Crippen LogP contribution in [-0.4, -0.2) is 57.9 Å². The number of rotatable bonds is 7. The minimum absolute atomic E-state index is 0.110. The van der Waals surface area contributed by atoms with Gasteiger partial charge in [0.15, 0.2) is 0 Å². The number of esters is 2. The van der Waals surface area contributed by atoms with Gasteiger partial charge in [-0.2, -0.15) is 0 Å². The van der Waals surface area contributed by atoms with Gasteiger partial charge < -0.3 is 23.7 Å². The van der Waals surface area contributed by atoms with E-state index in [1.54, 1.807) is 27.0 Å². The normalized spacial score (nSPS) is 16.5. The molecule has 0 saturated carbocycles.